The van der Waals surface area contributed by atoms with Crippen molar-refractivity contribution in [2.24, 2.45) is 5.73 Å². The van der Waals surface area contributed by atoms with Crippen molar-refractivity contribution in [1.29, 1.82) is 0 Å². The van der Waals surface area contributed by atoms with Crippen LogP contribution in [-0.4, -0.2) is 59.9 Å². The third-order valence-electron chi connectivity index (χ3n) is 11.4. The summed E-state index contributed by atoms with van der Waals surface area (Å²) in [6.07, 6.45) is 44.5. The molecule has 0 rings (SSSR count). The summed E-state index contributed by atoms with van der Waals surface area (Å²) in [5, 5.41) is 8.91. The molecule has 12 heteroatoms. The number of phosphoric acid groups is 1. The molecule has 0 aliphatic rings. The number of ether oxygens (including phenoxy) is 2. The molecule has 0 aromatic carbocycles. The molecule has 0 spiro atoms. The average molecular weight is 876 g/mol. The first-order valence-electron chi connectivity index (χ1n) is 25.1. The van der Waals surface area contributed by atoms with Crippen LogP contribution in [0.2, 0.25) is 0 Å². The molecular weight excluding hydrogens is 781 g/mol. The number of unbranched alkanes of at least 4 members (excludes halogenated alkanes) is 34. The smallest absolute Gasteiger partial charge is 0.472 e. The monoisotopic (exact) mass is 876 g/mol. The van der Waals surface area contributed by atoms with Gasteiger partial charge in [-0.3, -0.25) is 23.4 Å². The van der Waals surface area contributed by atoms with Crippen LogP contribution in [0.15, 0.2) is 0 Å². The van der Waals surface area contributed by atoms with Gasteiger partial charge in [-0.05, 0) is 12.8 Å². The molecule has 4 N–H and O–H groups in total. The Kier molecular flexibility index (Phi) is 43.0. The van der Waals surface area contributed by atoms with Gasteiger partial charge in [-0.2, -0.15) is 0 Å². The van der Waals surface area contributed by atoms with Gasteiger partial charge in [-0.25, -0.2) is 4.57 Å². The molecule has 356 valence electrons. The van der Waals surface area contributed by atoms with Gasteiger partial charge in [0.2, 0.25) is 0 Å². The number of hydrogen-bond acceptors (Lipinski definition) is 9. The zero-order valence-corrected chi connectivity index (χ0v) is 39.7. The predicted molar refractivity (Wildman–Crippen MR) is 245 cm³/mol. The van der Waals surface area contributed by atoms with Gasteiger partial charge in [-0.1, -0.05) is 232 Å². The Morgan fingerprint density at radius 3 is 1.05 bits per heavy atom. The molecule has 0 aliphatic carbocycles. The summed E-state index contributed by atoms with van der Waals surface area (Å²) in [6.45, 7) is 2.87. The molecule has 0 aromatic rings. The minimum Gasteiger partial charge on any atom is -0.480 e. The molecule has 0 aliphatic heterocycles. The van der Waals surface area contributed by atoms with E-state index >= 15 is 0 Å². The van der Waals surface area contributed by atoms with Crippen molar-refractivity contribution in [1.82, 2.24) is 0 Å². The van der Waals surface area contributed by atoms with Crippen molar-refractivity contribution in [3.05, 3.63) is 0 Å². The van der Waals surface area contributed by atoms with Crippen LogP contribution < -0.4 is 5.73 Å². The van der Waals surface area contributed by atoms with Gasteiger partial charge >= 0.3 is 25.7 Å². The van der Waals surface area contributed by atoms with Gasteiger partial charge in [0.1, 0.15) is 12.6 Å². The third kappa shape index (κ3) is 43.1. The Labute approximate surface area is 367 Å². The Morgan fingerprint density at radius 1 is 0.450 bits per heavy atom. The van der Waals surface area contributed by atoms with E-state index in [1.54, 1.807) is 0 Å². The molecular formula is C48H94NO10P. The van der Waals surface area contributed by atoms with Crippen LogP contribution in [0, 0.1) is 0 Å². The Morgan fingerprint density at radius 2 is 0.733 bits per heavy atom. The molecule has 0 saturated carbocycles. The molecule has 3 atom stereocenters. The summed E-state index contributed by atoms with van der Waals surface area (Å²) in [7, 11) is -4.71. The first kappa shape index (κ1) is 58.5. The number of carbonyl (C=O) groups excluding carboxylic acids is 2. The lowest BCUT2D eigenvalue weighted by atomic mass is 10.0. The van der Waals surface area contributed by atoms with Crippen LogP contribution >= 0.6 is 7.82 Å². The molecule has 3 unspecified atom stereocenters. The van der Waals surface area contributed by atoms with E-state index in [0.29, 0.717) is 12.8 Å². The second kappa shape index (κ2) is 44.1. The number of hydrogen-bond donors (Lipinski definition) is 3. The molecule has 11 nitrogen and oxygen atoms in total. The number of carboxylic acids is 1. The molecule has 0 radical (unpaired) electrons. The van der Waals surface area contributed by atoms with Gasteiger partial charge in [0.25, 0.3) is 0 Å². The molecule has 0 saturated heterocycles. The Balaban J connectivity index is 4.21. The summed E-state index contributed by atoms with van der Waals surface area (Å²) in [4.78, 5) is 46.1. The van der Waals surface area contributed by atoms with Crippen LogP contribution in [-0.2, 0) is 37.5 Å². The number of phosphoric ester groups is 1. The Bertz CT molecular complexity index is 1030. The number of aliphatic carboxylic acids is 1. The zero-order chi connectivity index (χ0) is 44.2. The highest BCUT2D eigenvalue weighted by Gasteiger charge is 2.28. The van der Waals surface area contributed by atoms with Crippen LogP contribution in [0.1, 0.15) is 258 Å². The minimum absolute atomic E-state index is 0.170. The first-order chi connectivity index (χ1) is 29.1. The maximum atomic E-state index is 12.7. The van der Waals surface area contributed by atoms with Crippen molar-refractivity contribution >= 4 is 25.7 Å². The predicted octanol–water partition coefficient (Wildman–Crippen LogP) is 13.9. The molecule has 60 heavy (non-hydrogen) atoms. The van der Waals surface area contributed by atoms with E-state index in [-0.39, 0.29) is 19.4 Å². The maximum absolute atomic E-state index is 12.7. The van der Waals surface area contributed by atoms with E-state index in [1.165, 1.54) is 180 Å². The fourth-order valence-corrected chi connectivity index (χ4v) is 8.20. The first-order valence-corrected chi connectivity index (χ1v) is 26.6. The van der Waals surface area contributed by atoms with E-state index in [4.69, 9.17) is 24.8 Å². The number of nitrogens with two attached hydrogens (primary N) is 1. The number of esters is 2. The van der Waals surface area contributed by atoms with Crippen molar-refractivity contribution in [3.63, 3.8) is 0 Å². The highest BCUT2D eigenvalue weighted by Crippen LogP contribution is 2.43. The largest absolute Gasteiger partial charge is 0.480 e. The number of carbonyl (C=O) groups is 3. The van der Waals surface area contributed by atoms with E-state index in [2.05, 4.69) is 18.4 Å². The summed E-state index contributed by atoms with van der Waals surface area (Å²) >= 11 is 0. The lowest BCUT2D eigenvalue weighted by Gasteiger charge is -2.20. The second-order valence-corrected chi connectivity index (χ2v) is 18.8. The Hall–Kier alpha value is -1.52. The fraction of sp³-hybridized carbons (Fsp3) is 0.938. The van der Waals surface area contributed by atoms with E-state index in [0.717, 1.165) is 38.5 Å². The van der Waals surface area contributed by atoms with Crippen molar-refractivity contribution in [2.75, 3.05) is 19.8 Å². The highest BCUT2D eigenvalue weighted by atomic mass is 31.2. The van der Waals surface area contributed by atoms with Gasteiger partial charge in [0.15, 0.2) is 6.10 Å². The van der Waals surface area contributed by atoms with Crippen LogP contribution in [0.4, 0.5) is 0 Å². The number of rotatable bonds is 48. The molecule has 0 bridgehead atoms. The maximum Gasteiger partial charge on any atom is 0.472 e. The van der Waals surface area contributed by atoms with Crippen LogP contribution in [0.3, 0.4) is 0 Å². The summed E-state index contributed by atoms with van der Waals surface area (Å²) in [5.41, 5.74) is 5.35. The van der Waals surface area contributed by atoms with E-state index in [9.17, 15) is 23.8 Å². The van der Waals surface area contributed by atoms with Crippen molar-refractivity contribution in [3.8, 4) is 0 Å². The lowest BCUT2D eigenvalue weighted by Crippen LogP contribution is -2.34. The molecule has 0 amide bonds. The second-order valence-electron chi connectivity index (χ2n) is 17.3. The summed E-state index contributed by atoms with van der Waals surface area (Å²) < 4.78 is 32.8. The van der Waals surface area contributed by atoms with Crippen LogP contribution in [0.5, 0.6) is 0 Å². The van der Waals surface area contributed by atoms with E-state index in [1.807, 2.05) is 0 Å². The van der Waals surface area contributed by atoms with Crippen molar-refractivity contribution in [2.45, 2.75) is 270 Å². The highest BCUT2D eigenvalue weighted by molar-refractivity contribution is 7.47. The standard InChI is InChI=1S/C48H94NO10P/c1-3-5-7-9-11-13-15-17-19-21-22-24-26-28-30-32-34-36-38-40-47(51)59-44(42-57-60(54,55)58-43-45(49)48(52)53)41-56-46(50)39-37-35-33-31-29-27-25-23-20-18-16-14-12-10-8-6-4-2/h44-45H,3-43,49H2,1-2H3,(H,52,53)(H,54,55). The lowest BCUT2D eigenvalue weighted by molar-refractivity contribution is -0.161. The average Bonchev–Trinajstić information content (AvgIpc) is 3.22. The summed E-state index contributed by atoms with van der Waals surface area (Å²) in [6, 6.07) is -1.52. The van der Waals surface area contributed by atoms with Crippen molar-refractivity contribution < 1.29 is 47.5 Å². The molecule has 0 aromatic heterocycles. The molecule has 0 heterocycles. The van der Waals surface area contributed by atoms with E-state index < -0.39 is 51.1 Å². The third-order valence-corrected chi connectivity index (χ3v) is 12.3. The topological polar surface area (TPSA) is 172 Å². The normalized spacial score (nSPS) is 13.5. The van der Waals surface area contributed by atoms with Gasteiger partial charge < -0.3 is 25.2 Å². The number of carboxylic acid groups (broad SMARTS) is 1. The molecule has 0 fully saturated rings. The summed E-state index contributed by atoms with van der Waals surface area (Å²) in [5.74, 6) is -2.35. The minimum atomic E-state index is -4.71. The van der Waals surface area contributed by atoms with Gasteiger partial charge in [0.05, 0.1) is 13.2 Å². The fourth-order valence-electron chi connectivity index (χ4n) is 7.42. The van der Waals surface area contributed by atoms with Crippen LogP contribution in [0.25, 0.3) is 0 Å². The zero-order valence-electron chi connectivity index (χ0n) is 38.8. The van der Waals surface area contributed by atoms with Gasteiger partial charge in [0, 0.05) is 12.8 Å². The van der Waals surface area contributed by atoms with Gasteiger partial charge in [-0.15, -0.1) is 0 Å². The quantitative estimate of drug-likeness (QED) is 0.0302. The SMILES string of the molecule is CCCCCCCCCCCCCCCCCCCCCC(=O)OC(COC(=O)CCCCCCCCCCCCCCCCCCC)COP(=O)(O)OCC(N)C(=O)O.